The van der Waals surface area contributed by atoms with Crippen LogP contribution in [0.2, 0.25) is 0 Å². The minimum absolute atomic E-state index is 0.00235. The molecule has 2 aromatic carbocycles. The van der Waals surface area contributed by atoms with E-state index in [0.717, 1.165) is 35.9 Å². The zero-order valence-electron chi connectivity index (χ0n) is 27.8. The molecule has 1 aromatic heterocycles. The van der Waals surface area contributed by atoms with Gasteiger partial charge in [0.2, 0.25) is 11.8 Å². The van der Waals surface area contributed by atoms with Crippen LogP contribution in [-0.4, -0.2) is 85.9 Å². The molecule has 12 nitrogen and oxygen atoms in total. The van der Waals surface area contributed by atoms with Crippen LogP contribution in [0.4, 0.5) is 13.2 Å². The summed E-state index contributed by atoms with van der Waals surface area (Å²) in [5.41, 5.74) is 5.90. The Kier molecular flexibility index (Phi) is 12.0. The molecule has 3 aromatic rings. The van der Waals surface area contributed by atoms with Gasteiger partial charge in [-0.25, -0.2) is 18.2 Å². The molecule has 50 heavy (non-hydrogen) atoms. The molecule has 0 saturated heterocycles. The predicted molar refractivity (Wildman–Crippen MR) is 176 cm³/mol. The summed E-state index contributed by atoms with van der Waals surface area (Å²) < 4.78 is 44.6. The molecule has 0 unspecified atom stereocenters. The minimum atomic E-state index is -1.74. The summed E-state index contributed by atoms with van der Waals surface area (Å²) in [5, 5.41) is 11.7. The van der Waals surface area contributed by atoms with Crippen LogP contribution in [0.5, 0.6) is 0 Å². The number of amides is 4. The third-order valence-corrected chi connectivity index (χ3v) is 8.08. The second-order valence-electron chi connectivity index (χ2n) is 13.0. The summed E-state index contributed by atoms with van der Waals surface area (Å²) in [4.78, 5) is 70.0. The van der Waals surface area contributed by atoms with Gasteiger partial charge < -0.3 is 25.6 Å². The lowest BCUT2D eigenvalue weighted by Gasteiger charge is -2.40. The first-order valence-electron chi connectivity index (χ1n) is 15.8. The van der Waals surface area contributed by atoms with E-state index in [4.69, 9.17) is 10.7 Å². The topological polar surface area (TPSA) is 168 Å². The molecule has 4 rings (SSSR count). The number of nitrogens with two attached hydrogens (primary N) is 1. The summed E-state index contributed by atoms with van der Waals surface area (Å²) in [6.07, 6.45) is 2.44. The van der Waals surface area contributed by atoms with Crippen molar-refractivity contribution in [3.63, 3.8) is 0 Å². The van der Waals surface area contributed by atoms with Crippen LogP contribution in [0, 0.1) is 17.0 Å². The van der Waals surface area contributed by atoms with Gasteiger partial charge in [-0.2, -0.15) is 0 Å². The van der Waals surface area contributed by atoms with E-state index >= 15 is 4.39 Å². The van der Waals surface area contributed by atoms with Crippen LogP contribution in [0.15, 0.2) is 66.9 Å². The fourth-order valence-corrected chi connectivity index (χ4v) is 5.72. The zero-order valence-corrected chi connectivity index (χ0v) is 27.8. The molecule has 0 bridgehead atoms. The Morgan fingerprint density at radius 2 is 1.70 bits per heavy atom. The molecule has 3 atom stereocenters. The van der Waals surface area contributed by atoms with E-state index in [9.17, 15) is 37.9 Å². The van der Waals surface area contributed by atoms with Crippen molar-refractivity contribution >= 4 is 29.6 Å². The molecule has 266 valence electrons. The summed E-state index contributed by atoms with van der Waals surface area (Å²) in [5.74, 6) is -6.13. The summed E-state index contributed by atoms with van der Waals surface area (Å²) >= 11 is 0. The Balaban J connectivity index is 1.76. The number of carboxylic acids is 1. The van der Waals surface area contributed by atoms with E-state index in [1.807, 2.05) is 51.1 Å². The Bertz CT molecular complexity index is 1760. The third-order valence-electron chi connectivity index (χ3n) is 8.08. The normalized spacial score (nSPS) is 14.8. The third kappa shape index (κ3) is 9.02. The lowest BCUT2D eigenvalue weighted by molar-refractivity contribution is -0.149. The number of imide groups is 1. The molecule has 0 spiro atoms. The quantitative estimate of drug-likeness (QED) is 0.203. The number of hydrogen-bond donors (Lipinski definition) is 3. The van der Waals surface area contributed by atoms with Gasteiger partial charge in [0.1, 0.15) is 30.2 Å². The maximum atomic E-state index is 15.0. The molecule has 4 amide bonds. The van der Waals surface area contributed by atoms with Crippen molar-refractivity contribution < 1.29 is 42.3 Å². The summed E-state index contributed by atoms with van der Waals surface area (Å²) in [6, 6.07) is 8.57. The van der Waals surface area contributed by atoms with Gasteiger partial charge >= 0.3 is 5.97 Å². The number of alkyl halides is 1. The summed E-state index contributed by atoms with van der Waals surface area (Å²) in [6.45, 7) is 3.96. The van der Waals surface area contributed by atoms with Crippen molar-refractivity contribution in [1.29, 1.82) is 0 Å². The standard InChI is InChI=1S/C35H39F3N6O6/c1-35(2,3)32(33-41-26(24-15-22(37)9-10-25(24)38)20-42(33)19-21-7-5-4-6-8-21)43(14-13-23(39)17-36)30(47)18-40-34(50)27(16-31(48)49)44-28(45)11-12-29(44)46/h4-12,15,20,23,27,32H,13-14,16-19,39H2,1-3H3,(H,40,50)(H,48,49)/t23-,27-,32-/m0/s1. The zero-order chi connectivity index (χ0) is 36.7. The fraction of sp³-hybridized carbons (Fsp3) is 0.371. The van der Waals surface area contributed by atoms with Crippen LogP contribution >= 0.6 is 0 Å². The number of aromatic nitrogens is 2. The molecule has 2 heterocycles. The highest BCUT2D eigenvalue weighted by Crippen LogP contribution is 2.39. The number of carbonyl (C=O) groups excluding carboxylic acids is 4. The van der Waals surface area contributed by atoms with Crippen molar-refractivity contribution in [2.24, 2.45) is 11.1 Å². The number of carbonyl (C=O) groups is 5. The van der Waals surface area contributed by atoms with Gasteiger partial charge in [-0.3, -0.25) is 28.9 Å². The molecular weight excluding hydrogens is 657 g/mol. The van der Waals surface area contributed by atoms with Crippen molar-refractivity contribution in [2.45, 2.75) is 58.3 Å². The Morgan fingerprint density at radius 3 is 2.30 bits per heavy atom. The SMILES string of the molecule is CC(C)(C)[C@H](c1nc(-c2cc(F)ccc2F)cn1Cc1ccccc1)N(CC[C@H](N)CF)C(=O)CNC(=O)[C@H](CC(=O)O)N1C(=O)C=CC1=O. The Morgan fingerprint density at radius 1 is 1.04 bits per heavy atom. The average Bonchev–Trinajstić information content (AvgIpc) is 3.62. The largest absolute Gasteiger partial charge is 0.481 e. The first-order valence-corrected chi connectivity index (χ1v) is 15.8. The molecule has 1 aliphatic heterocycles. The number of aliphatic carboxylic acids is 1. The maximum absolute atomic E-state index is 15.0. The van der Waals surface area contributed by atoms with Crippen LogP contribution < -0.4 is 11.1 Å². The number of rotatable bonds is 15. The van der Waals surface area contributed by atoms with E-state index in [1.54, 1.807) is 10.8 Å². The number of carboxylic acid groups (broad SMARTS) is 1. The molecule has 0 saturated carbocycles. The lowest BCUT2D eigenvalue weighted by atomic mass is 9.84. The van der Waals surface area contributed by atoms with E-state index in [0.29, 0.717) is 4.90 Å². The first kappa shape index (κ1) is 37.5. The second kappa shape index (κ2) is 15.9. The van der Waals surface area contributed by atoms with Gasteiger partial charge in [0.15, 0.2) is 0 Å². The number of benzene rings is 2. The lowest BCUT2D eigenvalue weighted by Crippen LogP contribution is -2.53. The van der Waals surface area contributed by atoms with Gasteiger partial charge in [0.05, 0.1) is 24.7 Å². The van der Waals surface area contributed by atoms with Gasteiger partial charge in [-0.1, -0.05) is 51.1 Å². The maximum Gasteiger partial charge on any atom is 0.306 e. The number of imidazole rings is 1. The van der Waals surface area contributed by atoms with Crippen LogP contribution in [0.3, 0.4) is 0 Å². The van der Waals surface area contributed by atoms with Crippen molar-refractivity contribution in [3.8, 4) is 11.3 Å². The molecule has 15 heteroatoms. The highest BCUT2D eigenvalue weighted by molar-refractivity contribution is 6.15. The fourth-order valence-electron chi connectivity index (χ4n) is 5.72. The monoisotopic (exact) mass is 696 g/mol. The molecule has 1 aliphatic rings. The number of halogens is 3. The Hall–Kier alpha value is -5.31. The van der Waals surface area contributed by atoms with Gasteiger partial charge in [-0.05, 0) is 35.6 Å². The van der Waals surface area contributed by atoms with Gasteiger partial charge in [-0.15, -0.1) is 0 Å². The van der Waals surface area contributed by atoms with Gasteiger partial charge in [0.25, 0.3) is 11.8 Å². The van der Waals surface area contributed by atoms with E-state index < -0.39 is 84.4 Å². The first-order chi connectivity index (χ1) is 23.6. The van der Waals surface area contributed by atoms with E-state index in [1.165, 1.54) is 4.90 Å². The van der Waals surface area contributed by atoms with Gasteiger partial charge in [0, 0.05) is 43.0 Å². The molecular formula is C35H39F3N6O6. The molecule has 4 N–H and O–H groups in total. The van der Waals surface area contributed by atoms with Crippen molar-refractivity contribution in [2.75, 3.05) is 19.8 Å². The van der Waals surface area contributed by atoms with E-state index in [2.05, 4.69) is 5.32 Å². The number of hydrogen-bond acceptors (Lipinski definition) is 7. The van der Waals surface area contributed by atoms with Crippen molar-refractivity contribution in [3.05, 3.63) is 89.9 Å². The number of nitrogens with one attached hydrogen (secondary N) is 1. The molecule has 0 radical (unpaired) electrons. The minimum Gasteiger partial charge on any atom is -0.481 e. The van der Waals surface area contributed by atoms with Crippen LogP contribution in [0.1, 0.15) is 51.0 Å². The van der Waals surface area contributed by atoms with E-state index in [-0.39, 0.29) is 36.6 Å². The van der Waals surface area contributed by atoms with Crippen molar-refractivity contribution in [1.82, 2.24) is 24.7 Å². The smallest absolute Gasteiger partial charge is 0.306 e. The summed E-state index contributed by atoms with van der Waals surface area (Å²) in [7, 11) is 0. The second-order valence-corrected chi connectivity index (χ2v) is 13.0. The van der Waals surface area contributed by atoms with Crippen LogP contribution in [-0.2, 0) is 30.5 Å². The highest BCUT2D eigenvalue weighted by Gasteiger charge is 2.40. The Labute approximate surface area is 286 Å². The average molecular weight is 697 g/mol. The highest BCUT2D eigenvalue weighted by atomic mass is 19.1. The number of nitrogens with zero attached hydrogens (tertiary/aromatic N) is 4. The molecule has 0 fully saturated rings. The van der Waals surface area contributed by atoms with Crippen LogP contribution in [0.25, 0.3) is 11.3 Å². The molecule has 0 aliphatic carbocycles. The predicted octanol–water partition coefficient (Wildman–Crippen LogP) is 3.36.